The molecule has 0 bridgehead atoms. The second kappa shape index (κ2) is 9.00. The molecule has 6 nitrogen and oxygen atoms in total. The third-order valence-corrected chi connectivity index (χ3v) is 6.28. The number of carbonyl (C=O) groups is 1. The maximum Gasteiger partial charge on any atom is 0.251 e. The molecule has 28 heavy (non-hydrogen) atoms. The van der Waals surface area contributed by atoms with E-state index in [2.05, 4.69) is 10.0 Å². The minimum Gasteiger partial charge on any atom is -0.377 e. The van der Waals surface area contributed by atoms with E-state index >= 15 is 0 Å². The van der Waals surface area contributed by atoms with Crippen molar-refractivity contribution in [1.82, 2.24) is 10.0 Å². The smallest absolute Gasteiger partial charge is 0.251 e. The van der Waals surface area contributed by atoms with Crippen molar-refractivity contribution in [1.29, 1.82) is 0 Å². The van der Waals surface area contributed by atoms with Crippen LogP contribution in [0.5, 0.6) is 0 Å². The number of benzene rings is 2. The summed E-state index contributed by atoms with van der Waals surface area (Å²) in [6.45, 7) is 0.956. The van der Waals surface area contributed by atoms with E-state index in [9.17, 15) is 17.6 Å². The maximum atomic E-state index is 12.9. The fourth-order valence-electron chi connectivity index (χ4n) is 2.82. The molecule has 2 aromatic rings. The zero-order valence-corrected chi connectivity index (χ0v) is 16.5. The van der Waals surface area contributed by atoms with Crippen molar-refractivity contribution in [2.45, 2.75) is 30.4 Å². The lowest BCUT2D eigenvalue weighted by atomic mass is 10.2. The molecule has 0 spiro atoms. The molecule has 1 saturated heterocycles. The molecule has 1 atom stereocenters. The molecule has 9 heteroatoms. The number of amides is 1. The molecule has 0 aromatic heterocycles. The number of sulfonamides is 1. The molecule has 1 aliphatic rings. The predicted octanol–water partition coefficient (Wildman–Crippen LogP) is 2.87. The predicted molar refractivity (Wildman–Crippen MR) is 103 cm³/mol. The van der Waals surface area contributed by atoms with E-state index in [1.807, 2.05) is 0 Å². The van der Waals surface area contributed by atoms with Crippen molar-refractivity contribution >= 4 is 27.5 Å². The molecule has 150 valence electrons. The monoisotopic (exact) mass is 426 g/mol. The third-order valence-electron chi connectivity index (χ3n) is 4.37. The SMILES string of the molecule is O=C(NCc1ccc(F)cc1)c1ccc(Cl)c(S(=O)(=O)NC[C@@H]2CCCO2)c1. The van der Waals surface area contributed by atoms with E-state index in [4.69, 9.17) is 16.3 Å². The number of nitrogens with one attached hydrogen (secondary N) is 2. The number of rotatable bonds is 7. The van der Waals surface area contributed by atoms with Gasteiger partial charge in [0.15, 0.2) is 0 Å². The van der Waals surface area contributed by atoms with Gasteiger partial charge in [0.1, 0.15) is 10.7 Å². The summed E-state index contributed by atoms with van der Waals surface area (Å²) >= 11 is 6.05. The van der Waals surface area contributed by atoms with Gasteiger partial charge in [0, 0.05) is 25.3 Å². The van der Waals surface area contributed by atoms with Gasteiger partial charge in [-0.1, -0.05) is 23.7 Å². The maximum absolute atomic E-state index is 12.9. The summed E-state index contributed by atoms with van der Waals surface area (Å²) in [7, 11) is -3.89. The topological polar surface area (TPSA) is 84.5 Å². The molecule has 0 saturated carbocycles. The van der Waals surface area contributed by atoms with Gasteiger partial charge in [-0.15, -0.1) is 0 Å². The zero-order valence-electron chi connectivity index (χ0n) is 15.0. The van der Waals surface area contributed by atoms with Crippen LogP contribution in [0.3, 0.4) is 0 Å². The Kier molecular flexibility index (Phi) is 6.66. The minimum atomic E-state index is -3.89. The summed E-state index contributed by atoms with van der Waals surface area (Å²) in [5.41, 5.74) is 0.874. The first kappa shape index (κ1) is 20.7. The van der Waals surface area contributed by atoms with Gasteiger partial charge in [0.05, 0.1) is 11.1 Å². The van der Waals surface area contributed by atoms with Crippen LogP contribution in [0.2, 0.25) is 5.02 Å². The molecule has 0 radical (unpaired) electrons. The van der Waals surface area contributed by atoms with Crippen molar-refractivity contribution in [2.24, 2.45) is 0 Å². The Balaban J connectivity index is 1.68. The van der Waals surface area contributed by atoms with Gasteiger partial charge in [-0.25, -0.2) is 17.5 Å². The van der Waals surface area contributed by atoms with E-state index < -0.39 is 15.9 Å². The van der Waals surface area contributed by atoms with Crippen LogP contribution in [0.15, 0.2) is 47.4 Å². The third kappa shape index (κ3) is 5.29. The summed E-state index contributed by atoms with van der Waals surface area (Å²) in [6.07, 6.45) is 1.54. The molecule has 0 unspecified atom stereocenters. The number of carbonyl (C=O) groups excluding carboxylic acids is 1. The molecule has 1 aliphatic heterocycles. The van der Waals surface area contributed by atoms with E-state index in [0.717, 1.165) is 18.4 Å². The van der Waals surface area contributed by atoms with Crippen LogP contribution in [-0.2, 0) is 21.3 Å². The molecule has 1 fully saturated rings. The van der Waals surface area contributed by atoms with Crippen LogP contribution in [0.25, 0.3) is 0 Å². The number of hydrogen-bond acceptors (Lipinski definition) is 4. The van der Waals surface area contributed by atoms with Gasteiger partial charge in [-0.3, -0.25) is 4.79 Å². The van der Waals surface area contributed by atoms with E-state index in [-0.39, 0.29) is 40.5 Å². The van der Waals surface area contributed by atoms with Gasteiger partial charge in [0.2, 0.25) is 10.0 Å². The van der Waals surface area contributed by atoms with Crippen molar-refractivity contribution in [3.05, 3.63) is 64.4 Å². The first-order valence-electron chi connectivity index (χ1n) is 8.78. The molecule has 2 N–H and O–H groups in total. The zero-order chi connectivity index (χ0) is 20.1. The van der Waals surface area contributed by atoms with Gasteiger partial charge in [0.25, 0.3) is 5.91 Å². The van der Waals surface area contributed by atoms with Gasteiger partial charge >= 0.3 is 0 Å². The van der Waals surface area contributed by atoms with Crippen LogP contribution >= 0.6 is 11.6 Å². The van der Waals surface area contributed by atoms with E-state index in [1.165, 1.54) is 30.3 Å². The normalized spacial score (nSPS) is 16.9. The summed E-state index contributed by atoms with van der Waals surface area (Å²) < 4.78 is 46.0. The van der Waals surface area contributed by atoms with Crippen LogP contribution in [0, 0.1) is 5.82 Å². The Morgan fingerprint density at radius 1 is 1.21 bits per heavy atom. The molecular formula is C19H20ClFN2O4S. The molecule has 0 aliphatic carbocycles. The first-order chi connectivity index (χ1) is 13.3. The summed E-state index contributed by atoms with van der Waals surface area (Å²) in [5, 5.41) is 2.69. The molecule has 1 amide bonds. The van der Waals surface area contributed by atoms with Crippen LogP contribution in [0.4, 0.5) is 4.39 Å². The summed E-state index contributed by atoms with van der Waals surface area (Å²) in [4.78, 5) is 12.2. The van der Waals surface area contributed by atoms with Crippen molar-refractivity contribution < 1.29 is 22.3 Å². The van der Waals surface area contributed by atoms with E-state index in [1.54, 1.807) is 12.1 Å². The van der Waals surface area contributed by atoms with Crippen molar-refractivity contribution in [3.63, 3.8) is 0 Å². The highest BCUT2D eigenvalue weighted by Crippen LogP contribution is 2.23. The number of ether oxygens (including phenoxy) is 1. The lowest BCUT2D eigenvalue weighted by Crippen LogP contribution is -2.32. The molecule has 2 aromatic carbocycles. The highest BCUT2D eigenvalue weighted by Gasteiger charge is 2.23. The lowest BCUT2D eigenvalue weighted by molar-refractivity contribution is 0.0950. The molecule has 1 heterocycles. The number of hydrogen-bond donors (Lipinski definition) is 2. The first-order valence-corrected chi connectivity index (χ1v) is 10.6. The second-order valence-electron chi connectivity index (χ2n) is 6.44. The van der Waals surface area contributed by atoms with Gasteiger partial charge in [-0.2, -0.15) is 0 Å². The van der Waals surface area contributed by atoms with Crippen LogP contribution in [-0.4, -0.2) is 33.6 Å². The standard InChI is InChI=1S/C19H20ClFN2O4S/c20-17-8-5-14(19(24)22-11-13-3-6-15(21)7-4-13)10-18(17)28(25,26)23-12-16-2-1-9-27-16/h3-8,10,16,23H,1-2,9,11-12H2,(H,22,24)/t16-/m0/s1. The Labute approximate surface area is 168 Å². The Bertz CT molecular complexity index is 945. The van der Waals surface area contributed by atoms with Crippen LogP contribution < -0.4 is 10.0 Å². The number of halogens is 2. The average molecular weight is 427 g/mol. The Morgan fingerprint density at radius 2 is 1.96 bits per heavy atom. The highest BCUT2D eigenvalue weighted by atomic mass is 35.5. The molecular weight excluding hydrogens is 407 g/mol. The fourth-order valence-corrected chi connectivity index (χ4v) is 4.41. The average Bonchev–Trinajstić information content (AvgIpc) is 3.20. The lowest BCUT2D eigenvalue weighted by Gasteiger charge is -2.13. The Hall–Kier alpha value is -2.00. The fraction of sp³-hybridized carbons (Fsp3) is 0.316. The van der Waals surface area contributed by atoms with Gasteiger partial charge < -0.3 is 10.1 Å². The largest absolute Gasteiger partial charge is 0.377 e. The minimum absolute atomic E-state index is 0.0231. The second-order valence-corrected chi connectivity index (χ2v) is 8.58. The van der Waals surface area contributed by atoms with Crippen molar-refractivity contribution in [2.75, 3.05) is 13.2 Å². The highest BCUT2D eigenvalue weighted by molar-refractivity contribution is 7.89. The Morgan fingerprint density at radius 3 is 2.64 bits per heavy atom. The quantitative estimate of drug-likeness (QED) is 0.713. The van der Waals surface area contributed by atoms with Crippen LogP contribution in [0.1, 0.15) is 28.8 Å². The summed E-state index contributed by atoms with van der Waals surface area (Å²) in [6, 6.07) is 9.77. The molecule has 3 rings (SSSR count). The van der Waals surface area contributed by atoms with E-state index in [0.29, 0.717) is 6.61 Å². The van der Waals surface area contributed by atoms with Crippen molar-refractivity contribution in [3.8, 4) is 0 Å². The van der Waals surface area contributed by atoms with Gasteiger partial charge in [-0.05, 0) is 48.7 Å². The summed E-state index contributed by atoms with van der Waals surface area (Å²) in [5.74, 6) is -0.824.